The van der Waals surface area contributed by atoms with Gasteiger partial charge >= 0.3 is 0 Å². The molecule has 1 amide bonds. The van der Waals surface area contributed by atoms with Crippen LogP contribution in [0.3, 0.4) is 0 Å². The van der Waals surface area contributed by atoms with Gasteiger partial charge in [0.1, 0.15) is 18.2 Å². The summed E-state index contributed by atoms with van der Waals surface area (Å²) in [5, 5.41) is 12.5. The van der Waals surface area contributed by atoms with Crippen molar-refractivity contribution >= 4 is 56.0 Å². The molecule has 1 N–H and O–H groups in total. The molecule has 0 aliphatic heterocycles. The number of rotatable bonds is 8. The minimum Gasteiger partial charge on any atom is -0.484 e. The van der Waals surface area contributed by atoms with Gasteiger partial charge < -0.3 is 14.6 Å². The molecule has 0 aliphatic rings. The molecule has 0 atom stereocenters. The van der Waals surface area contributed by atoms with E-state index in [1.807, 2.05) is 35.8 Å². The lowest BCUT2D eigenvalue weighted by Gasteiger charge is -2.10. The monoisotopic (exact) mass is 477 g/mol. The summed E-state index contributed by atoms with van der Waals surface area (Å²) >= 11 is 8.70. The van der Waals surface area contributed by atoms with Crippen LogP contribution in [0.15, 0.2) is 47.6 Å². The fourth-order valence-electron chi connectivity index (χ4n) is 2.80. The summed E-state index contributed by atoms with van der Waals surface area (Å²) in [4.78, 5) is 16.8. The number of hydrogen-bond donors (Lipinski definition) is 1. The second-order valence-electron chi connectivity index (χ2n) is 6.33. The molecule has 0 aliphatic carbocycles. The van der Waals surface area contributed by atoms with Crippen LogP contribution in [-0.2, 0) is 17.9 Å². The van der Waals surface area contributed by atoms with Gasteiger partial charge in [0, 0.05) is 6.54 Å². The molecule has 7 nitrogen and oxygen atoms in total. The molecule has 0 saturated heterocycles. The van der Waals surface area contributed by atoms with Gasteiger partial charge in [0.15, 0.2) is 16.1 Å². The Morgan fingerprint density at radius 1 is 1.29 bits per heavy atom. The zero-order valence-electron chi connectivity index (χ0n) is 16.3. The van der Waals surface area contributed by atoms with Crippen LogP contribution in [0, 0.1) is 5.82 Å². The van der Waals surface area contributed by atoms with Crippen molar-refractivity contribution in [1.29, 1.82) is 0 Å². The quantitative estimate of drug-likeness (QED) is 0.359. The molecule has 2 aromatic heterocycles. The van der Waals surface area contributed by atoms with Gasteiger partial charge in [-0.2, -0.15) is 0 Å². The Labute approximate surface area is 190 Å². The van der Waals surface area contributed by atoms with Crippen LogP contribution in [0.5, 0.6) is 5.75 Å². The van der Waals surface area contributed by atoms with Crippen LogP contribution in [0.1, 0.15) is 12.7 Å². The maximum absolute atomic E-state index is 13.2. The number of thiazole rings is 1. The number of ether oxygens (including phenoxy) is 1. The molecule has 0 fully saturated rings. The Kier molecular flexibility index (Phi) is 6.69. The second-order valence-corrected chi connectivity index (χ2v) is 8.71. The lowest BCUT2D eigenvalue weighted by Crippen LogP contribution is -2.14. The molecular weight excluding hydrogens is 461 g/mol. The van der Waals surface area contributed by atoms with Crippen molar-refractivity contribution in [2.24, 2.45) is 0 Å². The number of amides is 1. The molecule has 2 heterocycles. The summed E-state index contributed by atoms with van der Waals surface area (Å²) in [5.74, 6) is 0.496. The minimum absolute atomic E-state index is 0.116. The molecule has 0 spiro atoms. The standard InChI is InChI=1S/C20H17ClFN5O2S2/c1-2-27-17(10-29-15-8-7-12(22)9-13(15)21)25-26-20(27)30-11-18(28)24-19-23-14-5-3-4-6-16(14)31-19/h3-9H,2,10-11H2,1H3,(H,23,24,28). The first-order valence-electron chi connectivity index (χ1n) is 9.31. The number of carbonyl (C=O) groups excluding carboxylic acids is 1. The molecule has 0 saturated carbocycles. The first kappa shape index (κ1) is 21.5. The van der Waals surface area contributed by atoms with Gasteiger partial charge in [-0.1, -0.05) is 46.8 Å². The number of thioether (sulfide) groups is 1. The van der Waals surface area contributed by atoms with Crippen LogP contribution in [0.4, 0.5) is 9.52 Å². The first-order valence-corrected chi connectivity index (χ1v) is 11.5. The van der Waals surface area contributed by atoms with Crippen LogP contribution in [0.25, 0.3) is 10.2 Å². The maximum Gasteiger partial charge on any atom is 0.236 e. The Morgan fingerprint density at radius 3 is 2.90 bits per heavy atom. The number of nitrogens with one attached hydrogen (secondary N) is 1. The van der Waals surface area contributed by atoms with E-state index in [0.717, 1.165) is 10.2 Å². The van der Waals surface area contributed by atoms with Gasteiger partial charge in [-0.25, -0.2) is 9.37 Å². The van der Waals surface area contributed by atoms with E-state index in [4.69, 9.17) is 16.3 Å². The lowest BCUT2D eigenvalue weighted by molar-refractivity contribution is -0.113. The second kappa shape index (κ2) is 9.63. The highest BCUT2D eigenvalue weighted by molar-refractivity contribution is 7.99. The molecular formula is C20H17ClFN5O2S2. The third kappa shape index (κ3) is 5.15. The zero-order chi connectivity index (χ0) is 21.8. The molecule has 0 radical (unpaired) electrons. The minimum atomic E-state index is -0.433. The number of carbonyl (C=O) groups is 1. The molecule has 0 unspecified atom stereocenters. The van der Waals surface area contributed by atoms with Gasteiger partial charge in [0.25, 0.3) is 0 Å². The van der Waals surface area contributed by atoms with E-state index in [1.54, 1.807) is 0 Å². The topological polar surface area (TPSA) is 81.9 Å². The fourth-order valence-corrected chi connectivity index (χ4v) is 4.72. The van der Waals surface area contributed by atoms with Gasteiger partial charge in [-0.05, 0) is 37.3 Å². The Hall–Kier alpha value is -2.69. The average Bonchev–Trinajstić information content (AvgIpc) is 3.34. The van der Waals surface area contributed by atoms with Crippen molar-refractivity contribution in [3.8, 4) is 5.75 Å². The number of para-hydroxylation sites is 1. The van der Waals surface area contributed by atoms with E-state index in [-0.39, 0.29) is 23.3 Å². The molecule has 2 aromatic carbocycles. The van der Waals surface area contributed by atoms with E-state index in [1.165, 1.54) is 41.3 Å². The molecule has 160 valence electrons. The molecule has 11 heteroatoms. The summed E-state index contributed by atoms with van der Waals surface area (Å²) in [5.41, 5.74) is 0.854. The highest BCUT2D eigenvalue weighted by Crippen LogP contribution is 2.27. The number of benzene rings is 2. The lowest BCUT2D eigenvalue weighted by atomic mass is 10.3. The number of halogens is 2. The number of hydrogen-bond acceptors (Lipinski definition) is 7. The van der Waals surface area contributed by atoms with Crippen LogP contribution in [-0.4, -0.2) is 31.4 Å². The molecule has 0 bridgehead atoms. The van der Waals surface area contributed by atoms with Crippen molar-refractivity contribution in [1.82, 2.24) is 19.7 Å². The third-order valence-corrected chi connectivity index (χ3v) is 6.45. The van der Waals surface area contributed by atoms with Gasteiger partial charge in [-0.3, -0.25) is 4.79 Å². The van der Waals surface area contributed by atoms with E-state index < -0.39 is 5.82 Å². The van der Waals surface area contributed by atoms with Crippen molar-refractivity contribution in [3.05, 3.63) is 59.1 Å². The summed E-state index contributed by atoms with van der Waals surface area (Å²) in [7, 11) is 0. The highest BCUT2D eigenvalue weighted by atomic mass is 35.5. The van der Waals surface area contributed by atoms with Crippen LogP contribution in [0.2, 0.25) is 5.02 Å². The number of anilines is 1. The first-order chi connectivity index (χ1) is 15.0. The maximum atomic E-state index is 13.2. The SMILES string of the molecule is CCn1c(COc2ccc(F)cc2Cl)nnc1SCC(=O)Nc1nc2ccccc2s1. The van der Waals surface area contributed by atoms with Gasteiger partial charge in [0.05, 0.1) is 21.0 Å². The number of aromatic nitrogens is 4. The third-order valence-electron chi connectivity index (χ3n) is 4.23. The van der Waals surface area contributed by atoms with E-state index >= 15 is 0 Å². The Balaban J connectivity index is 1.36. The van der Waals surface area contributed by atoms with Crippen LogP contribution >= 0.6 is 34.7 Å². The summed E-state index contributed by atoms with van der Waals surface area (Å²) in [6, 6.07) is 11.6. The smallest absolute Gasteiger partial charge is 0.236 e. The predicted molar refractivity (Wildman–Crippen MR) is 120 cm³/mol. The van der Waals surface area contributed by atoms with Crippen molar-refractivity contribution < 1.29 is 13.9 Å². The zero-order valence-corrected chi connectivity index (χ0v) is 18.7. The van der Waals surface area contributed by atoms with Gasteiger partial charge in [0.2, 0.25) is 5.91 Å². The average molecular weight is 478 g/mol. The normalized spacial score (nSPS) is 11.1. The van der Waals surface area contributed by atoms with E-state index in [9.17, 15) is 9.18 Å². The Morgan fingerprint density at radius 2 is 2.13 bits per heavy atom. The van der Waals surface area contributed by atoms with Gasteiger partial charge in [-0.15, -0.1) is 10.2 Å². The number of nitrogens with zero attached hydrogens (tertiary/aromatic N) is 4. The summed E-state index contributed by atoms with van der Waals surface area (Å²) in [6.07, 6.45) is 0. The summed E-state index contributed by atoms with van der Waals surface area (Å²) in [6.45, 7) is 2.66. The largest absolute Gasteiger partial charge is 0.484 e. The predicted octanol–water partition coefficient (Wildman–Crippen LogP) is 5.01. The summed E-state index contributed by atoms with van der Waals surface area (Å²) < 4.78 is 21.7. The van der Waals surface area contributed by atoms with E-state index in [0.29, 0.717) is 28.4 Å². The van der Waals surface area contributed by atoms with E-state index in [2.05, 4.69) is 20.5 Å². The highest BCUT2D eigenvalue weighted by Gasteiger charge is 2.15. The van der Waals surface area contributed by atoms with Crippen LogP contribution < -0.4 is 10.1 Å². The van der Waals surface area contributed by atoms with Crippen molar-refractivity contribution in [2.45, 2.75) is 25.2 Å². The molecule has 4 rings (SSSR count). The van der Waals surface area contributed by atoms with Crippen molar-refractivity contribution in [2.75, 3.05) is 11.1 Å². The number of fused-ring (bicyclic) bond motifs is 1. The fraction of sp³-hybridized carbons (Fsp3) is 0.200. The molecule has 31 heavy (non-hydrogen) atoms. The Bertz CT molecular complexity index is 1200. The molecule has 4 aromatic rings. The van der Waals surface area contributed by atoms with Crippen molar-refractivity contribution in [3.63, 3.8) is 0 Å².